The summed E-state index contributed by atoms with van der Waals surface area (Å²) in [4.78, 5) is 30.9. The highest BCUT2D eigenvalue weighted by atomic mass is 32.2. The second-order valence-electron chi connectivity index (χ2n) is 6.49. The number of benzene rings is 1. The fraction of sp³-hybridized carbons (Fsp3) is 0.444. The van der Waals surface area contributed by atoms with Crippen LogP contribution in [-0.2, 0) is 9.59 Å². The number of nitrogens with one attached hydrogen (secondary N) is 3. The van der Waals surface area contributed by atoms with Crippen molar-refractivity contribution in [2.45, 2.75) is 43.3 Å². The van der Waals surface area contributed by atoms with Crippen molar-refractivity contribution in [1.29, 1.82) is 0 Å². The first-order chi connectivity index (χ1) is 13.0. The third-order valence-electron chi connectivity index (χ3n) is 4.21. The molecule has 2 heterocycles. The van der Waals surface area contributed by atoms with Gasteiger partial charge in [-0.2, -0.15) is 4.98 Å². The van der Waals surface area contributed by atoms with Gasteiger partial charge in [0.05, 0.1) is 5.25 Å². The van der Waals surface area contributed by atoms with Crippen LogP contribution in [0.15, 0.2) is 29.2 Å². The molecule has 2 aromatic rings. The molecule has 27 heavy (non-hydrogen) atoms. The summed E-state index contributed by atoms with van der Waals surface area (Å²) in [7, 11) is 0. The van der Waals surface area contributed by atoms with Gasteiger partial charge >= 0.3 is 0 Å². The molecular weight excluding hydrogens is 364 g/mol. The van der Waals surface area contributed by atoms with Crippen molar-refractivity contribution < 1.29 is 9.59 Å². The van der Waals surface area contributed by atoms with Crippen molar-refractivity contribution in [3.63, 3.8) is 0 Å². The SMILES string of the molecule is CC(=O)Nc1ccc(SC(C)C(=O)Nc2nc(N3CCCCC3)n[nH]2)cc1. The van der Waals surface area contributed by atoms with Crippen LogP contribution in [0.4, 0.5) is 17.6 Å². The number of amides is 2. The predicted molar refractivity (Wildman–Crippen MR) is 107 cm³/mol. The molecule has 144 valence electrons. The fourth-order valence-corrected chi connectivity index (χ4v) is 3.71. The van der Waals surface area contributed by atoms with Crippen LogP contribution in [0.1, 0.15) is 33.1 Å². The lowest BCUT2D eigenvalue weighted by Gasteiger charge is -2.24. The number of nitrogens with zero attached hydrogens (tertiary/aromatic N) is 3. The topological polar surface area (TPSA) is 103 Å². The molecule has 0 spiro atoms. The Morgan fingerprint density at radius 2 is 1.85 bits per heavy atom. The Kier molecular flexibility index (Phi) is 6.33. The van der Waals surface area contributed by atoms with Crippen LogP contribution in [0.5, 0.6) is 0 Å². The lowest BCUT2D eigenvalue weighted by molar-refractivity contribution is -0.115. The number of carbonyl (C=O) groups is 2. The summed E-state index contributed by atoms with van der Waals surface area (Å²) < 4.78 is 0. The Balaban J connectivity index is 1.53. The molecule has 1 aromatic heterocycles. The lowest BCUT2D eigenvalue weighted by Crippen LogP contribution is -2.30. The summed E-state index contributed by atoms with van der Waals surface area (Å²) >= 11 is 1.44. The van der Waals surface area contributed by atoms with E-state index in [-0.39, 0.29) is 17.1 Å². The van der Waals surface area contributed by atoms with Crippen molar-refractivity contribution in [1.82, 2.24) is 15.2 Å². The maximum atomic E-state index is 12.4. The zero-order valence-electron chi connectivity index (χ0n) is 15.5. The molecule has 1 aliphatic rings. The van der Waals surface area contributed by atoms with Gasteiger partial charge in [-0.3, -0.25) is 14.9 Å². The predicted octanol–water partition coefficient (Wildman–Crippen LogP) is 2.87. The zero-order valence-corrected chi connectivity index (χ0v) is 16.3. The van der Waals surface area contributed by atoms with Gasteiger partial charge < -0.3 is 10.2 Å². The molecule has 1 fully saturated rings. The van der Waals surface area contributed by atoms with Gasteiger partial charge in [0.1, 0.15) is 0 Å². The maximum Gasteiger partial charge on any atom is 0.246 e. The molecule has 2 amide bonds. The van der Waals surface area contributed by atoms with Gasteiger partial charge in [0.25, 0.3) is 0 Å². The maximum absolute atomic E-state index is 12.4. The number of aromatic amines is 1. The van der Waals surface area contributed by atoms with Gasteiger partial charge in [-0.15, -0.1) is 16.9 Å². The normalized spacial score (nSPS) is 15.3. The number of thioether (sulfide) groups is 1. The number of rotatable bonds is 6. The van der Waals surface area contributed by atoms with Crippen LogP contribution in [0, 0.1) is 0 Å². The summed E-state index contributed by atoms with van der Waals surface area (Å²) in [6.45, 7) is 5.21. The van der Waals surface area contributed by atoms with Crippen molar-refractivity contribution >= 4 is 41.2 Å². The summed E-state index contributed by atoms with van der Waals surface area (Å²) in [6.07, 6.45) is 3.53. The minimum absolute atomic E-state index is 0.112. The molecule has 1 saturated heterocycles. The highest BCUT2D eigenvalue weighted by molar-refractivity contribution is 8.00. The van der Waals surface area contributed by atoms with E-state index in [9.17, 15) is 9.59 Å². The molecule has 1 unspecified atom stereocenters. The average Bonchev–Trinajstić information content (AvgIpc) is 3.12. The molecule has 1 aromatic carbocycles. The van der Waals surface area contributed by atoms with E-state index >= 15 is 0 Å². The van der Waals surface area contributed by atoms with Crippen LogP contribution < -0.4 is 15.5 Å². The highest BCUT2D eigenvalue weighted by Crippen LogP contribution is 2.25. The van der Waals surface area contributed by atoms with Gasteiger partial charge in [-0.25, -0.2) is 5.10 Å². The number of aromatic nitrogens is 3. The monoisotopic (exact) mass is 388 g/mol. The zero-order chi connectivity index (χ0) is 19.2. The average molecular weight is 388 g/mol. The Labute approximate surface area is 162 Å². The van der Waals surface area contributed by atoms with Crippen LogP contribution in [0.25, 0.3) is 0 Å². The van der Waals surface area contributed by atoms with E-state index in [2.05, 4.69) is 30.7 Å². The first-order valence-corrected chi connectivity index (χ1v) is 9.92. The molecule has 8 nitrogen and oxygen atoms in total. The summed E-state index contributed by atoms with van der Waals surface area (Å²) in [5.74, 6) is 0.749. The van der Waals surface area contributed by atoms with Gasteiger partial charge in [-0.1, -0.05) is 0 Å². The van der Waals surface area contributed by atoms with Crippen molar-refractivity contribution in [3.8, 4) is 0 Å². The molecule has 3 rings (SSSR count). The van der Waals surface area contributed by atoms with Crippen LogP contribution in [-0.4, -0.2) is 45.3 Å². The molecule has 1 aliphatic heterocycles. The number of piperidine rings is 1. The van der Waals surface area contributed by atoms with Crippen LogP contribution in [0.2, 0.25) is 0 Å². The third kappa shape index (κ3) is 5.46. The first kappa shape index (κ1) is 19.2. The van der Waals surface area contributed by atoms with Gasteiger partial charge in [-0.05, 0) is 50.5 Å². The van der Waals surface area contributed by atoms with Gasteiger partial charge in [0.15, 0.2) is 0 Å². The summed E-state index contributed by atoms with van der Waals surface area (Å²) in [5.41, 5.74) is 0.732. The molecule has 1 atom stereocenters. The molecule has 0 aliphatic carbocycles. The fourth-order valence-electron chi connectivity index (χ4n) is 2.84. The van der Waals surface area contributed by atoms with E-state index in [0.29, 0.717) is 11.9 Å². The Morgan fingerprint density at radius 3 is 2.52 bits per heavy atom. The van der Waals surface area contributed by atoms with Crippen LogP contribution in [0.3, 0.4) is 0 Å². The Hall–Kier alpha value is -2.55. The van der Waals surface area contributed by atoms with Crippen molar-refractivity contribution in [2.75, 3.05) is 28.6 Å². The number of hydrogen-bond donors (Lipinski definition) is 3. The summed E-state index contributed by atoms with van der Waals surface area (Å²) in [5, 5.41) is 12.2. The van der Waals surface area contributed by atoms with E-state index in [1.54, 1.807) is 0 Å². The standard InChI is InChI=1S/C18H24N6O2S/c1-12(27-15-8-6-14(7-9-15)19-13(2)25)16(26)20-17-21-18(23-22-17)24-10-4-3-5-11-24/h6-9,12H,3-5,10-11H2,1-2H3,(H,19,25)(H2,20,21,22,23,26). The summed E-state index contributed by atoms with van der Waals surface area (Å²) in [6, 6.07) is 7.39. The van der Waals surface area contributed by atoms with E-state index in [1.165, 1.54) is 25.1 Å². The lowest BCUT2D eigenvalue weighted by atomic mass is 10.1. The number of carbonyl (C=O) groups excluding carboxylic acids is 2. The number of anilines is 3. The van der Waals surface area contributed by atoms with Gasteiger partial charge in [0, 0.05) is 30.6 Å². The van der Waals surface area contributed by atoms with E-state index in [1.807, 2.05) is 31.2 Å². The Morgan fingerprint density at radius 1 is 1.15 bits per heavy atom. The third-order valence-corrected chi connectivity index (χ3v) is 5.32. The molecule has 3 N–H and O–H groups in total. The van der Waals surface area contributed by atoms with E-state index in [0.717, 1.165) is 36.5 Å². The van der Waals surface area contributed by atoms with Crippen LogP contribution >= 0.6 is 11.8 Å². The quantitative estimate of drug-likeness (QED) is 0.658. The number of H-pyrrole nitrogens is 1. The Bertz CT molecular complexity index is 785. The smallest absolute Gasteiger partial charge is 0.246 e. The van der Waals surface area contributed by atoms with Gasteiger partial charge in [0.2, 0.25) is 23.7 Å². The van der Waals surface area contributed by atoms with E-state index in [4.69, 9.17) is 0 Å². The largest absolute Gasteiger partial charge is 0.340 e. The molecule has 9 heteroatoms. The van der Waals surface area contributed by atoms with Crippen molar-refractivity contribution in [3.05, 3.63) is 24.3 Å². The first-order valence-electron chi connectivity index (χ1n) is 9.04. The minimum Gasteiger partial charge on any atom is -0.340 e. The number of hydrogen-bond acceptors (Lipinski definition) is 6. The highest BCUT2D eigenvalue weighted by Gasteiger charge is 2.19. The van der Waals surface area contributed by atoms with Crippen molar-refractivity contribution in [2.24, 2.45) is 0 Å². The molecule has 0 bridgehead atoms. The van der Waals surface area contributed by atoms with E-state index < -0.39 is 0 Å². The molecule has 0 radical (unpaired) electrons. The molecule has 0 saturated carbocycles. The minimum atomic E-state index is -0.305. The molecular formula is C18H24N6O2S. The second-order valence-corrected chi connectivity index (χ2v) is 7.90. The second kappa shape index (κ2) is 8.90.